The molecular weight excluding hydrogens is 366 g/mol. The van der Waals surface area contributed by atoms with Crippen molar-refractivity contribution in [2.75, 3.05) is 32.1 Å². The van der Waals surface area contributed by atoms with Crippen LogP contribution in [-0.2, 0) is 6.54 Å². The molecule has 1 amide bonds. The highest BCUT2D eigenvalue weighted by molar-refractivity contribution is 5.90. The number of benzene rings is 1. The number of aryl methyl sites for hydroxylation is 1. The number of para-hydroxylation sites is 1. The standard InChI is InChI=1S/C21H27N7O/c1-13-14(2)24-19(21(29)27(3)4)25-20(13)28-9-8-17(12-28)22-10-15-6-5-7-16-11-23-26-18(15)16/h5-7,11,17,22H,8-10,12H2,1-4H3,(H,23,26)/t17-/m1/s1. The highest BCUT2D eigenvalue weighted by Crippen LogP contribution is 2.24. The third-order valence-corrected chi connectivity index (χ3v) is 5.59. The number of H-pyrrole nitrogens is 1. The van der Waals surface area contributed by atoms with Gasteiger partial charge >= 0.3 is 0 Å². The molecule has 2 aromatic heterocycles. The second-order valence-corrected chi connectivity index (χ2v) is 7.84. The van der Waals surface area contributed by atoms with Gasteiger partial charge in [0.1, 0.15) is 5.82 Å². The lowest BCUT2D eigenvalue weighted by Gasteiger charge is -2.22. The summed E-state index contributed by atoms with van der Waals surface area (Å²) in [4.78, 5) is 25.1. The zero-order chi connectivity index (χ0) is 20.5. The molecule has 8 heteroatoms. The third-order valence-electron chi connectivity index (χ3n) is 5.59. The van der Waals surface area contributed by atoms with Gasteiger partial charge in [-0.2, -0.15) is 5.10 Å². The van der Waals surface area contributed by atoms with Crippen molar-refractivity contribution in [1.82, 2.24) is 30.4 Å². The summed E-state index contributed by atoms with van der Waals surface area (Å²) < 4.78 is 0. The van der Waals surface area contributed by atoms with Crippen LogP contribution in [0.25, 0.3) is 10.9 Å². The van der Waals surface area contributed by atoms with Gasteiger partial charge in [-0.3, -0.25) is 9.89 Å². The summed E-state index contributed by atoms with van der Waals surface area (Å²) in [5.74, 6) is 0.953. The fourth-order valence-electron chi connectivity index (χ4n) is 3.77. The molecule has 3 heterocycles. The van der Waals surface area contributed by atoms with Crippen molar-refractivity contribution >= 4 is 22.6 Å². The molecule has 0 saturated carbocycles. The molecule has 0 unspecified atom stereocenters. The molecule has 4 rings (SSSR count). The first-order chi connectivity index (χ1) is 13.9. The molecule has 1 aliphatic rings. The minimum atomic E-state index is -0.170. The molecule has 1 fully saturated rings. The van der Waals surface area contributed by atoms with Gasteiger partial charge in [0.25, 0.3) is 5.91 Å². The summed E-state index contributed by atoms with van der Waals surface area (Å²) in [5, 5.41) is 12.0. The van der Waals surface area contributed by atoms with Gasteiger partial charge in [0.15, 0.2) is 0 Å². The summed E-state index contributed by atoms with van der Waals surface area (Å²) in [6, 6.07) is 6.60. The zero-order valence-corrected chi connectivity index (χ0v) is 17.4. The van der Waals surface area contributed by atoms with E-state index in [1.54, 1.807) is 14.1 Å². The topological polar surface area (TPSA) is 90.0 Å². The molecule has 0 radical (unpaired) electrons. The second kappa shape index (κ2) is 7.79. The summed E-state index contributed by atoms with van der Waals surface area (Å²) >= 11 is 0. The average Bonchev–Trinajstić information content (AvgIpc) is 3.37. The molecule has 1 aliphatic heterocycles. The molecule has 1 atom stereocenters. The molecule has 152 valence electrons. The van der Waals surface area contributed by atoms with Gasteiger partial charge < -0.3 is 15.1 Å². The molecule has 29 heavy (non-hydrogen) atoms. The number of anilines is 1. The molecule has 3 aromatic rings. The van der Waals surface area contributed by atoms with E-state index in [2.05, 4.69) is 48.6 Å². The van der Waals surface area contributed by atoms with Crippen LogP contribution in [0.3, 0.4) is 0 Å². The Morgan fingerprint density at radius 1 is 1.31 bits per heavy atom. The highest BCUT2D eigenvalue weighted by atomic mass is 16.2. The third kappa shape index (κ3) is 3.80. The SMILES string of the molecule is Cc1nc(C(=O)N(C)C)nc(N2CC[C@@H](NCc3cccc4cn[nH]c34)C2)c1C. The fraction of sp³-hybridized carbons (Fsp3) is 0.429. The number of hydrogen-bond donors (Lipinski definition) is 2. The van der Waals surface area contributed by atoms with Crippen molar-refractivity contribution in [3.8, 4) is 0 Å². The Labute approximate surface area is 170 Å². The summed E-state index contributed by atoms with van der Waals surface area (Å²) in [6.45, 7) is 6.49. The van der Waals surface area contributed by atoms with Gasteiger partial charge in [0.2, 0.25) is 5.82 Å². The Kier molecular flexibility index (Phi) is 5.19. The Morgan fingerprint density at radius 3 is 2.93 bits per heavy atom. The number of rotatable bonds is 5. The Balaban J connectivity index is 1.47. The minimum absolute atomic E-state index is 0.170. The number of aromatic nitrogens is 4. The van der Waals surface area contributed by atoms with E-state index < -0.39 is 0 Å². The van der Waals surface area contributed by atoms with E-state index in [0.717, 1.165) is 54.0 Å². The Bertz CT molecular complexity index is 1040. The Hall–Kier alpha value is -3.00. The second-order valence-electron chi connectivity index (χ2n) is 7.84. The van der Waals surface area contributed by atoms with E-state index in [9.17, 15) is 4.79 Å². The maximum absolute atomic E-state index is 12.3. The number of carbonyl (C=O) groups is 1. The molecule has 0 bridgehead atoms. The van der Waals surface area contributed by atoms with Crippen molar-refractivity contribution in [1.29, 1.82) is 0 Å². The number of hydrogen-bond acceptors (Lipinski definition) is 6. The van der Waals surface area contributed by atoms with Crippen LogP contribution < -0.4 is 10.2 Å². The van der Waals surface area contributed by atoms with Crippen molar-refractivity contribution in [2.45, 2.75) is 32.9 Å². The van der Waals surface area contributed by atoms with Crippen LogP contribution in [-0.4, -0.2) is 64.2 Å². The van der Waals surface area contributed by atoms with Crippen LogP contribution in [0.2, 0.25) is 0 Å². The predicted octanol–water partition coefficient (Wildman–Crippen LogP) is 2.04. The molecule has 0 aliphatic carbocycles. The quantitative estimate of drug-likeness (QED) is 0.689. The number of nitrogens with one attached hydrogen (secondary N) is 2. The highest BCUT2D eigenvalue weighted by Gasteiger charge is 2.26. The lowest BCUT2D eigenvalue weighted by molar-refractivity contribution is 0.0815. The van der Waals surface area contributed by atoms with Crippen molar-refractivity contribution < 1.29 is 4.79 Å². The molecular formula is C21H27N7O. The van der Waals surface area contributed by atoms with Gasteiger partial charge in [0.05, 0.1) is 11.7 Å². The number of fused-ring (bicyclic) bond motifs is 1. The van der Waals surface area contributed by atoms with Crippen LogP contribution >= 0.6 is 0 Å². The first-order valence-electron chi connectivity index (χ1n) is 9.90. The minimum Gasteiger partial charge on any atom is -0.355 e. The predicted molar refractivity (Wildman–Crippen MR) is 113 cm³/mol. The van der Waals surface area contributed by atoms with Crippen LogP contribution in [0.5, 0.6) is 0 Å². The maximum atomic E-state index is 12.3. The van der Waals surface area contributed by atoms with E-state index in [-0.39, 0.29) is 11.7 Å². The summed E-state index contributed by atoms with van der Waals surface area (Å²) in [5.41, 5.74) is 4.18. The molecule has 0 spiro atoms. The smallest absolute Gasteiger partial charge is 0.291 e. The van der Waals surface area contributed by atoms with Crippen LogP contribution in [0.15, 0.2) is 24.4 Å². The van der Waals surface area contributed by atoms with Gasteiger partial charge in [-0.05, 0) is 25.8 Å². The number of amides is 1. The molecule has 2 N–H and O–H groups in total. The summed E-state index contributed by atoms with van der Waals surface area (Å²) in [6.07, 6.45) is 2.88. The average molecular weight is 393 g/mol. The van der Waals surface area contributed by atoms with E-state index >= 15 is 0 Å². The van der Waals surface area contributed by atoms with Crippen LogP contribution in [0.1, 0.15) is 33.9 Å². The van der Waals surface area contributed by atoms with E-state index in [1.807, 2.05) is 20.0 Å². The fourth-order valence-corrected chi connectivity index (χ4v) is 3.77. The van der Waals surface area contributed by atoms with Crippen LogP contribution in [0.4, 0.5) is 5.82 Å². The van der Waals surface area contributed by atoms with E-state index in [0.29, 0.717) is 6.04 Å². The normalized spacial score (nSPS) is 16.6. The van der Waals surface area contributed by atoms with Gasteiger partial charge in [-0.15, -0.1) is 0 Å². The van der Waals surface area contributed by atoms with Gasteiger partial charge in [0, 0.05) is 56.4 Å². The Morgan fingerprint density at radius 2 is 2.14 bits per heavy atom. The van der Waals surface area contributed by atoms with Gasteiger partial charge in [-0.1, -0.05) is 18.2 Å². The maximum Gasteiger partial charge on any atom is 0.291 e. The largest absolute Gasteiger partial charge is 0.355 e. The number of nitrogens with zero attached hydrogens (tertiary/aromatic N) is 5. The molecule has 1 aromatic carbocycles. The lowest BCUT2D eigenvalue weighted by Crippen LogP contribution is -2.33. The lowest BCUT2D eigenvalue weighted by atomic mass is 10.1. The number of aromatic amines is 1. The van der Waals surface area contributed by atoms with Gasteiger partial charge in [-0.25, -0.2) is 9.97 Å². The summed E-state index contributed by atoms with van der Waals surface area (Å²) in [7, 11) is 3.44. The first-order valence-corrected chi connectivity index (χ1v) is 9.90. The van der Waals surface area contributed by atoms with Crippen molar-refractivity contribution in [3.63, 3.8) is 0 Å². The number of carbonyl (C=O) groups excluding carboxylic acids is 1. The first kappa shape index (κ1) is 19.3. The van der Waals surface area contributed by atoms with Crippen molar-refractivity contribution in [2.24, 2.45) is 0 Å². The molecule has 8 nitrogen and oxygen atoms in total. The van der Waals surface area contributed by atoms with Crippen molar-refractivity contribution in [3.05, 3.63) is 47.0 Å². The van der Waals surface area contributed by atoms with E-state index in [1.165, 1.54) is 10.5 Å². The van der Waals surface area contributed by atoms with E-state index in [4.69, 9.17) is 0 Å². The monoisotopic (exact) mass is 393 g/mol. The van der Waals surface area contributed by atoms with Crippen LogP contribution in [0, 0.1) is 13.8 Å². The molecule has 1 saturated heterocycles. The zero-order valence-electron chi connectivity index (χ0n) is 17.4.